The van der Waals surface area contributed by atoms with Crippen LogP contribution in [0.15, 0.2) is 17.2 Å². The summed E-state index contributed by atoms with van der Waals surface area (Å²) >= 11 is 4.89. The third kappa shape index (κ3) is 2.85. The maximum absolute atomic E-state index is 11.9. The first kappa shape index (κ1) is 13.0. The van der Waals surface area contributed by atoms with Crippen LogP contribution in [-0.4, -0.2) is 52.2 Å². The zero-order valence-electron chi connectivity index (χ0n) is 10.4. The van der Waals surface area contributed by atoms with Crippen molar-refractivity contribution in [3.8, 4) is 0 Å². The molecule has 0 saturated carbocycles. The van der Waals surface area contributed by atoms with Crippen LogP contribution in [0, 0.1) is 0 Å². The summed E-state index contributed by atoms with van der Waals surface area (Å²) in [5.41, 5.74) is 5.47. The van der Waals surface area contributed by atoms with E-state index in [9.17, 15) is 4.79 Å². The van der Waals surface area contributed by atoms with Crippen LogP contribution in [0.4, 0.5) is 5.82 Å². The number of anilines is 1. The zero-order valence-corrected chi connectivity index (χ0v) is 11.2. The van der Waals surface area contributed by atoms with Crippen LogP contribution >= 0.6 is 12.2 Å². The van der Waals surface area contributed by atoms with Gasteiger partial charge in [-0.2, -0.15) is 0 Å². The van der Waals surface area contributed by atoms with Crippen molar-refractivity contribution in [1.29, 1.82) is 0 Å². The van der Waals surface area contributed by atoms with Crippen molar-refractivity contribution < 1.29 is 0 Å². The third-order valence-electron chi connectivity index (χ3n) is 3.05. The molecule has 7 heteroatoms. The quantitative estimate of drug-likeness (QED) is 0.722. The summed E-state index contributed by atoms with van der Waals surface area (Å²) in [6, 6.07) is 0. The van der Waals surface area contributed by atoms with Crippen LogP contribution in [0.5, 0.6) is 0 Å². The molecule has 0 atom stereocenters. The lowest BCUT2D eigenvalue weighted by Crippen LogP contribution is -2.50. The van der Waals surface area contributed by atoms with Crippen molar-refractivity contribution in [2.45, 2.75) is 0 Å². The van der Waals surface area contributed by atoms with E-state index >= 15 is 0 Å². The summed E-state index contributed by atoms with van der Waals surface area (Å²) in [5, 5.41) is 0. The van der Waals surface area contributed by atoms with Crippen LogP contribution in [0.3, 0.4) is 0 Å². The molecule has 98 valence electrons. The Kier molecular flexibility index (Phi) is 3.93. The van der Waals surface area contributed by atoms with Gasteiger partial charge in [-0.25, -0.2) is 4.98 Å². The highest BCUT2D eigenvalue weighted by Gasteiger charge is 2.20. The van der Waals surface area contributed by atoms with Crippen molar-refractivity contribution in [2.75, 3.05) is 37.6 Å². The highest BCUT2D eigenvalue weighted by molar-refractivity contribution is 7.80. The summed E-state index contributed by atoms with van der Waals surface area (Å²) in [6.45, 7) is 3.88. The molecule has 1 saturated heterocycles. The summed E-state index contributed by atoms with van der Waals surface area (Å²) < 4.78 is 1.55. The van der Waals surface area contributed by atoms with E-state index in [-0.39, 0.29) is 5.56 Å². The van der Waals surface area contributed by atoms with E-state index < -0.39 is 0 Å². The van der Waals surface area contributed by atoms with Crippen LogP contribution < -0.4 is 16.2 Å². The highest BCUT2D eigenvalue weighted by Crippen LogP contribution is 2.08. The summed E-state index contributed by atoms with van der Waals surface area (Å²) in [7, 11) is 1.73. The number of thiocarbonyl (C=S) groups is 1. The van der Waals surface area contributed by atoms with Crippen molar-refractivity contribution in [2.24, 2.45) is 12.8 Å². The number of aromatic nitrogens is 2. The molecule has 18 heavy (non-hydrogen) atoms. The Balaban J connectivity index is 2.03. The van der Waals surface area contributed by atoms with Gasteiger partial charge in [-0.3, -0.25) is 9.69 Å². The Labute approximate surface area is 111 Å². The van der Waals surface area contributed by atoms with E-state index in [0.29, 0.717) is 17.4 Å². The molecule has 2 rings (SSSR count). The number of nitrogens with two attached hydrogens (primary N) is 1. The first-order valence-electron chi connectivity index (χ1n) is 5.85. The summed E-state index contributed by atoms with van der Waals surface area (Å²) in [5.74, 6) is 0.523. The lowest BCUT2D eigenvalue weighted by molar-refractivity contribution is 0.291. The number of aryl methyl sites for hydroxylation is 1. The second-order valence-corrected chi connectivity index (χ2v) is 4.92. The molecule has 0 spiro atoms. The number of hydrogen-bond acceptors (Lipinski definition) is 5. The molecule has 0 bridgehead atoms. The van der Waals surface area contributed by atoms with Crippen molar-refractivity contribution in [3.63, 3.8) is 0 Å². The standard InChI is InChI=1S/C11H17N5OS/c1-14-3-2-13-10(11(14)17)16-6-4-15(5-7-16)8-9(12)18/h2-3H,4-8H2,1H3,(H2,12,18). The molecular weight excluding hydrogens is 250 g/mol. The van der Waals surface area contributed by atoms with E-state index in [1.54, 1.807) is 24.0 Å². The normalized spacial score (nSPS) is 16.8. The van der Waals surface area contributed by atoms with Gasteiger partial charge in [-0.15, -0.1) is 0 Å². The Hall–Kier alpha value is -1.47. The molecule has 6 nitrogen and oxygen atoms in total. The lowest BCUT2D eigenvalue weighted by Gasteiger charge is -2.34. The molecule has 1 aliphatic rings. The van der Waals surface area contributed by atoms with Gasteiger partial charge in [0.1, 0.15) is 0 Å². The molecular formula is C11H17N5OS. The Morgan fingerprint density at radius 1 is 1.44 bits per heavy atom. The second-order valence-electron chi connectivity index (χ2n) is 4.40. The minimum absolute atomic E-state index is 0.0553. The second kappa shape index (κ2) is 5.45. The SMILES string of the molecule is Cn1ccnc(N2CCN(CC(N)=S)CC2)c1=O. The van der Waals surface area contributed by atoms with Crippen molar-refractivity contribution >= 4 is 23.0 Å². The average molecular weight is 267 g/mol. The van der Waals surface area contributed by atoms with Crippen LogP contribution in [0.2, 0.25) is 0 Å². The van der Waals surface area contributed by atoms with Crippen molar-refractivity contribution in [1.82, 2.24) is 14.5 Å². The molecule has 2 N–H and O–H groups in total. The Morgan fingerprint density at radius 3 is 2.72 bits per heavy atom. The van der Waals surface area contributed by atoms with Gasteiger partial charge < -0.3 is 15.2 Å². The predicted molar refractivity (Wildman–Crippen MR) is 74.9 cm³/mol. The van der Waals surface area contributed by atoms with Gasteiger partial charge in [0, 0.05) is 52.2 Å². The first-order chi connectivity index (χ1) is 8.58. The molecule has 0 amide bonds. The van der Waals surface area contributed by atoms with E-state index in [4.69, 9.17) is 18.0 Å². The van der Waals surface area contributed by atoms with Gasteiger partial charge in [0.25, 0.3) is 5.56 Å². The van der Waals surface area contributed by atoms with Gasteiger partial charge in [0.05, 0.1) is 4.99 Å². The average Bonchev–Trinajstić information content (AvgIpc) is 2.33. The first-order valence-corrected chi connectivity index (χ1v) is 6.26. The fourth-order valence-corrected chi connectivity index (χ4v) is 2.22. The fraction of sp³-hybridized carbons (Fsp3) is 0.545. The summed E-state index contributed by atoms with van der Waals surface area (Å²) in [6.07, 6.45) is 3.31. The summed E-state index contributed by atoms with van der Waals surface area (Å²) in [4.78, 5) is 20.8. The molecule has 2 heterocycles. The molecule has 0 unspecified atom stereocenters. The number of rotatable bonds is 3. The van der Waals surface area contributed by atoms with Crippen LogP contribution in [0.25, 0.3) is 0 Å². The van der Waals surface area contributed by atoms with Gasteiger partial charge in [0.2, 0.25) is 0 Å². The van der Waals surface area contributed by atoms with Crippen LogP contribution in [-0.2, 0) is 7.05 Å². The highest BCUT2D eigenvalue weighted by atomic mass is 32.1. The molecule has 0 radical (unpaired) electrons. The minimum atomic E-state index is -0.0553. The number of piperazine rings is 1. The Bertz CT molecular complexity index is 492. The monoisotopic (exact) mass is 267 g/mol. The van der Waals surface area contributed by atoms with Crippen LogP contribution in [0.1, 0.15) is 0 Å². The van der Waals surface area contributed by atoms with Gasteiger partial charge >= 0.3 is 0 Å². The smallest absolute Gasteiger partial charge is 0.293 e. The molecule has 1 fully saturated rings. The van der Waals surface area contributed by atoms with E-state index in [0.717, 1.165) is 26.2 Å². The Morgan fingerprint density at radius 2 is 2.11 bits per heavy atom. The van der Waals surface area contributed by atoms with E-state index in [1.807, 2.05) is 4.90 Å². The molecule has 1 aliphatic heterocycles. The molecule has 1 aromatic heterocycles. The van der Waals surface area contributed by atoms with E-state index in [1.165, 1.54) is 0 Å². The molecule has 1 aromatic rings. The fourth-order valence-electron chi connectivity index (χ4n) is 2.04. The predicted octanol–water partition coefficient (Wildman–Crippen LogP) is -0.812. The molecule has 0 aliphatic carbocycles. The third-order valence-corrected chi connectivity index (χ3v) is 3.18. The minimum Gasteiger partial charge on any atom is -0.392 e. The topological polar surface area (TPSA) is 67.4 Å². The lowest BCUT2D eigenvalue weighted by atomic mass is 10.3. The van der Waals surface area contributed by atoms with Gasteiger partial charge in [-0.05, 0) is 0 Å². The maximum Gasteiger partial charge on any atom is 0.293 e. The number of hydrogen-bond donors (Lipinski definition) is 1. The number of nitrogens with zero attached hydrogens (tertiary/aromatic N) is 4. The van der Waals surface area contributed by atoms with E-state index in [2.05, 4.69) is 9.88 Å². The maximum atomic E-state index is 11.9. The van der Waals surface area contributed by atoms with Gasteiger partial charge in [0.15, 0.2) is 5.82 Å². The van der Waals surface area contributed by atoms with Gasteiger partial charge in [-0.1, -0.05) is 12.2 Å². The largest absolute Gasteiger partial charge is 0.392 e. The zero-order chi connectivity index (χ0) is 13.1. The van der Waals surface area contributed by atoms with Crippen molar-refractivity contribution in [3.05, 3.63) is 22.7 Å². The molecule has 0 aromatic carbocycles.